The number of benzene rings is 1. The van der Waals surface area contributed by atoms with Crippen LogP contribution in [0, 0.1) is 0 Å². The summed E-state index contributed by atoms with van der Waals surface area (Å²) in [6.07, 6.45) is 1.60. The van der Waals surface area contributed by atoms with E-state index in [4.69, 9.17) is 10.5 Å². The zero-order valence-corrected chi connectivity index (χ0v) is 10.1. The van der Waals surface area contributed by atoms with E-state index in [1.54, 1.807) is 42.6 Å². The highest BCUT2D eigenvalue weighted by Gasteiger charge is 2.11. The number of carbonyl (C=O) groups is 2. The second-order valence-corrected chi connectivity index (χ2v) is 3.82. The molecule has 19 heavy (non-hydrogen) atoms. The number of rotatable bonds is 4. The van der Waals surface area contributed by atoms with Gasteiger partial charge in [0, 0.05) is 11.9 Å². The number of hydrogen-bond acceptors (Lipinski definition) is 4. The largest absolute Gasteiger partial charge is 0.484 e. The Balaban J connectivity index is 1.82. The van der Waals surface area contributed by atoms with Gasteiger partial charge in [0.2, 0.25) is 0 Å². The fourth-order valence-electron chi connectivity index (χ4n) is 1.41. The first-order chi connectivity index (χ1) is 9.15. The highest BCUT2D eigenvalue weighted by Crippen LogP contribution is 2.12. The van der Waals surface area contributed by atoms with Crippen LogP contribution in [0.1, 0.15) is 10.5 Å². The van der Waals surface area contributed by atoms with E-state index in [1.807, 2.05) is 0 Å². The molecule has 0 saturated heterocycles. The van der Waals surface area contributed by atoms with Crippen molar-refractivity contribution in [3.63, 3.8) is 0 Å². The predicted molar refractivity (Wildman–Crippen MR) is 69.6 cm³/mol. The molecular formula is C13H13N3O3. The lowest BCUT2D eigenvalue weighted by molar-refractivity contribution is -0.122. The number of hydrogen-bond donors (Lipinski definition) is 3. The Bertz CT molecular complexity index is 561. The molecule has 2 aromatic rings. The van der Waals surface area contributed by atoms with Gasteiger partial charge in [0.15, 0.2) is 6.61 Å². The average molecular weight is 259 g/mol. The van der Waals surface area contributed by atoms with Crippen LogP contribution in [-0.4, -0.2) is 23.4 Å². The summed E-state index contributed by atoms with van der Waals surface area (Å²) in [5.74, 6) is -0.496. The number of imide groups is 1. The molecule has 4 N–H and O–H groups in total. The van der Waals surface area contributed by atoms with Gasteiger partial charge < -0.3 is 15.5 Å². The number of nitrogens with two attached hydrogens (primary N) is 1. The summed E-state index contributed by atoms with van der Waals surface area (Å²) >= 11 is 0. The molecule has 0 aliphatic heterocycles. The average Bonchev–Trinajstić information content (AvgIpc) is 2.92. The van der Waals surface area contributed by atoms with Gasteiger partial charge in [-0.25, -0.2) is 0 Å². The Labute approximate surface area is 109 Å². The summed E-state index contributed by atoms with van der Waals surface area (Å²) in [6.45, 7) is -0.240. The first-order valence-electron chi connectivity index (χ1n) is 5.61. The third-order valence-corrected chi connectivity index (χ3v) is 2.35. The van der Waals surface area contributed by atoms with Crippen LogP contribution in [0.15, 0.2) is 42.6 Å². The summed E-state index contributed by atoms with van der Waals surface area (Å²) in [5, 5.41) is 2.21. The van der Waals surface area contributed by atoms with Crippen molar-refractivity contribution in [3.8, 4) is 5.75 Å². The minimum absolute atomic E-state index is 0.240. The maximum absolute atomic E-state index is 11.5. The first kappa shape index (κ1) is 12.7. The molecule has 0 radical (unpaired) electrons. The molecule has 2 amide bonds. The summed E-state index contributed by atoms with van der Waals surface area (Å²) in [5.41, 5.74) is 6.45. The van der Waals surface area contributed by atoms with E-state index in [9.17, 15) is 9.59 Å². The van der Waals surface area contributed by atoms with Crippen molar-refractivity contribution >= 4 is 17.5 Å². The van der Waals surface area contributed by atoms with Crippen molar-refractivity contribution in [2.75, 3.05) is 12.3 Å². The van der Waals surface area contributed by atoms with Crippen molar-refractivity contribution in [2.45, 2.75) is 0 Å². The molecule has 0 spiro atoms. The first-order valence-corrected chi connectivity index (χ1v) is 5.61. The standard InChI is InChI=1S/C13H13N3O3/c14-9-3-5-10(6-4-9)19-8-12(17)16-13(18)11-2-1-7-15-11/h1-7,15H,8,14H2,(H,16,17,18). The number of ether oxygens (including phenoxy) is 1. The molecule has 0 aliphatic carbocycles. The topological polar surface area (TPSA) is 97.2 Å². The van der Waals surface area contributed by atoms with Crippen LogP contribution in [-0.2, 0) is 4.79 Å². The highest BCUT2D eigenvalue weighted by atomic mass is 16.5. The van der Waals surface area contributed by atoms with Crippen LogP contribution in [0.4, 0.5) is 5.69 Å². The molecule has 0 aliphatic rings. The van der Waals surface area contributed by atoms with Crippen molar-refractivity contribution in [3.05, 3.63) is 48.3 Å². The lowest BCUT2D eigenvalue weighted by atomic mass is 10.3. The van der Waals surface area contributed by atoms with Gasteiger partial charge in [-0.05, 0) is 36.4 Å². The number of nitrogen functional groups attached to an aromatic ring is 1. The number of nitrogens with one attached hydrogen (secondary N) is 2. The molecule has 1 aromatic heterocycles. The third-order valence-electron chi connectivity index (χ3n) is 2.35. The SMILES string of the molecule is Nc1ccc(OCC(=O)NC(=O)c2ccc[nH]2)cc1. The number of anilines is 1. The van der Waals surface area contributed by atoms with E-state index in [1.165, 1.54) is 0 Å². The predicted octanol–water partition coefficient (Wildman–Crippen LogP) is 0.932. The normalized spacial score (nSPS) is 9.89. The van der Waals surface area contributed by atoms with Gasteiger partial charge in [-0.3, -0.25) is 14.9 Å². The third kappa shape index (κ3) is 3.60. The maximum Gasteiger partial charge on any atom is 0.274 e. The van der Waals surface area contributed by atoms with E-state index >= 15 is 0 Å². The Kier molecular flexibility index (Phi) is 3.82. The number of carbonyl (C=O) groups excluding carboxylic acids is 2. The van der Waals surface area contributed by atoms with E-state index in [2.05, 4.69) is 10.3 Å². The summed E-state index contributed by atoms with van der Waals surface area (Å²) in [4.78, 5) is 25.7. The van der Waals surface area contributed by atoms with Gasteiger partial charge in [0.25, 0.3) is 11.8 Å². The molecule has 6 heteroatoms. The second kappa shape index (κ2) is 5.72. The van der Waals surface area contributed by atoms with Crippen molar-refractivity contribution in [1.29, 1.82) is 0 Å². The van der Waals surface area contributed by atoms with Gasteiger partial charge in [-0.15, -0.1) is 0 Å². The van der Waals surface area contributed by atoms with E-state index in [0.29, 0.717) is 17.1 Å². The number of H-pyrrole nitrogens is 1. The van der Waals surface area contributed by atoms with Gasteiger partial charge in [-0.2, -0.15) is 0 Å². The van der Waals surface area contributed by atoms with Gasteiger partial charge >= 0.3 is 0 Å². The van der Waals surface area contributed by atoms with Gasteiger partial charge in [-0.1, -0.05) is 0 Å². The Morgan fingerprint density at radius 3 is 2.58 bits per heavy atom. The monoisotopic (exact) mass is 259 g/mol. The second-order valence-electron chi connectivity index (χ2n) is 3.82. The number of amides is 2. The molecule has 0 unspecified atom stereocenters. The van der Waals surface area contributed by atoms with E-state index in [-0.39, 0.29) is 6.61 Å². The summed E-state index contributed by atoms with van der Waals surface area (Å²) < 4.78 is 5.21. The molecule has 1 heterocycles. The van der Waals surface area contributed by atoms with Crippen molar-refractivity contribution in [1.82, 2.24) is 10.3 Å². The van der Waals surface area contributed by atoms with Crippen molar-refractivity contribution in [2.24, 2.45) is 0 Å². The molecule has 0 saturated carbocycles. The summed E-state index contributed by atoms with van der Waals surface area (Å²) in [7, 11) is 0. The van der Waals surface area contributed by atoms with Crippen LogP contribution >= 0.6 is 0 Å². The fraction of sp³-hybridized carbons (Fsp3) is 0.0769. The van der Waals surface area contributed by atoms with Crippen molar-refractivity contribution < 1.29 is 14.3 Å². The Hall–Kier alpha value is -2.76. The molecule has 0 atom stereocenters. The highest BCUT2D eigenvalue weighted by molar-refractivity contribution is 6.04. The molecule has 0 bridgehead atoms. The quantitative estimate of drug-likeness (QED) is 0.711. The maximum atomic E-state index is 11.5. The van der Waals surface area contributed by atoms with Crippen LogP contribution in [0.5, 0.6) is 5.75 Å². The van der Waals surface area contributed by atoms with Gasteiger partial charge in [0.05, 0.1) is 0 Å². The zero-order chi connectivity index (χ0) is 13.7. The molecule has 6 nitrogen and oxygen atoms in total. The minimum atomic E-state index is -0.517. The molecule has 2 rings (SSSR count). The molecule has 98 valence electrons. The van der Waals surface area contributed by atoms with Crippen LogP contribution in [0.2, 0.25) is 0 Å². The number of aromatic amines is 1. The van der Waals surface area contributed by atoms with Crippen LogP contribution < -0.4 is 15.8 Å². The smallest absolute Gasteiger partial charge is 0.274 e. The Morgan fingerprint density at radius 2 is 1.95 bits per heavy atom. The lowest BCUT2D eigenvalue weighted by Gasteiger charge is -2.06. The fourth-order valence-corrected chi connectivity index (χ4v) is 1.41. The zero-order valence-electron chi connectivity index (χ0n) is 10.1. The molecular weight excluding hydrogens is 246 g/mol. The van der Waals surface area contributed by atoms with Gasteiger partial charge in [0.1, 0.15) is 11.4 Å². The van der Waals surface area contributed by atoms with E-state index in [0.717, 1.165) is 0 Å². The Morgan fingerprint density at radius 1 is 1.21 bits per heavy atom. The van der Waals surface area contributed by atoms with Crippen LogP contribution in [0.3, 0.4) is 0 Å². The summed E-state index contributed by atoms with van der Waals surface area (Å²) in [6, 6.07) is 9.87. The lowest BCUT2D eigenvalue weighted by Crippen LogP contribution is -2.34. The van der Waals surface area contributed by atoms with Crippen LogP contribution in [0.25, 0.3) is 0 Å². The molecule has 1 aromatic carbocycles. The minimum Gasteiger partial charge on any atom is -0.484 e. The molecule has 0 fully saturated rings. The van der Waals surface area contributed by atoms with E-state index < -0.39 is 11.8 Å². The number of aromatic nitrogens is 1.